The Balaban J connectivity index is 1.95. The predicted octanol–water partition coefficient (Wildman–Crippen LogP) is 4.16. The lowest BCUT2D eigenvalue weighted by atomic mass is 9.82. The normalized spacial score (nSPS) is 13.2. The first-order valence-corrected chi connectivity index (χ1v) is 11.0. The number of carbonyl (C=O) groups is 2. The van der Waals surface area contributed by atoms with E-state index in [1.807, 2.05) is 12.1 Å². The van der Waals surface area contributed by atoms with E-state index in [9.17, 15) is 22.6 Å². The van der Waals surface area contributed by atoms with Crippen LogP contribution in [0.4, 0.5) is 17.1 Å². The smallest absolute Gasteiger partial charge is 0.296 e. The van der Waals surface area contributed by atoms with Crippen LogP contribution in [0.25, 0.3) is 0 Å². The summed E-state index contributed by atoms with van der Waals surface area (Å²) in [6, 6.07) is 14.7. The third-order valence-electron chi connectivity index (χ3n) is 5.33. The number of nitrogens with two attached hydrogens (primary N) is 1. The molecule has 0 aliphatic heterocycles. The Hall–Kier alpha value is -3.49. The van der Waals surface area contributed by atoms with Crippen molar-refractivity contribution in [1.82, 2.24) is 0 Å². The van der Waals surface area contributed by atoms with Crippen LogP contribution >= 0.6 is 0 Å². The van der Waals surface area contributed by atoms with Gasteiger partial charge in [-0.3, -0.25) is 14.1 Å². The average molecular weight is 436 g/mol. The monoisotopic (exact) mass is 436 g/mol. The number of benzene rings is 3. The van der Waals surface area contributed by atoms with Crippen LogP contribution in [0.15, 0.2) is 59.5 Å². The largest absolute Gasteiger partial charge is 0.397 e. The number of carbonyl (C=O) groups excluding carboxylic acids is 2. The highest BCUT2D eigenvalue weighted by atomic mass is 32.2. The van der Waals surface area contributed by atoms with Crippen molar-refractivity contribution in [2.45, 2.75) is 24.7 Å². The number of ketones is 2. The molecule has 4 rings (SSSR count). The van der Waals surface area contributed by atoms with Crippen LogP contribution in [0, 0.1) is 0 Å². The molecule has 0 amide bonds. The molecule has 31 heavy (non-hydrogen) atoms. The lowest BCUT2D eigenvalue weighted by Crippen LogP contribution is -2.25. The fourth-order valence-corrected chi connectivity index (χ4v) is 4.36. The summed E-state index contributed by atoms with van der Waals surface area (Å²) in [5.41, 5.74) is 7.35. The molecule has 0 saturated heterocycles. The first-order valence-electron chi connectivity index (χ1n) is 9.59. The summed E-state index contributed by atoms with van der Waals surface area (Å²) in [4.78, 5) is 25.8. The highest BCUT2D eigenvalue weighted by Gasteiger charge is 2.36. The first-order chi connectivity index (χ1) is 14.6. The Morgan fingerprint density at radius 3 is 1.97 bits per heavy atom. The third kappa shape index (κ3) is 3.49. The van der Waals surface area contributed by atoms with Gasteiger partial charge in [-0.05, 0) is 29.7 Å². The van der Waals surface area contributed by atoms with E-state index in [-0.39, 0.29) is 27.9 Å². The molecule has 8 heteroatoms. The number of hydrogen-bond donors (Lipinski definition) is 3. The molecule has 0 bridgehead atoms. The van der Waals surface area contributed by atoms with Crippen molar-refractivity contribution in [2.75, 3.05) is 11.1 Å². The Kier molecular flexibility index (Phi) is 4.91. The molecule has 0 radical (unpaired) electrons. The Bertz CT molecular complexity index is 1340. The van der Waals surface area contributed by atoms with Gasteiger partial charge in [0.25, 0.3) is 10.1 Å². The third-order valence-corrected chi connectivity index (χ3v) is 6.23. The molecule has 0 saturated carbocycles. The van der Waals surface area contributed by atoms with Crippen LogP contribution in [0.5, 0.6) is 0 Å². The molecule has 158 valence electrons. The molecule has 0 fully saturated rings. The van der Waals surface area contributed by atoms with Gasteiger partial charge in [0, 0.05) is 16.8 Å². The van der Waals surface area contributed by atoms with E-state index >= 15 is 0 Å². The second-order valence-corrected chi connectivity index (χ2v) is 9.06. The number of fused-ring (bicyclic) bond motifs is 2. The Morgan fingerprint density at radius 1 is 0.903 bits per heavy atom. The maximum Gasteiger partial charge on any atom is 0.296 e. The van der Waals surface area contributed by atoms with E-state index in [2.05, 4.69) is 19.2 Å². The van der Waals surface area contributed by atoms with Crippen LogP contribution in [-0.4, -0.2) is 24.5 Å². The standard InChI is InChI=1S/C23H20N2O5S/c1-12(2)13-7-9-14(10-8-13)25-17-11-18(31(28,29)30)21(24)20-19(17)22(26)15-5-3-4-6-16(15)23(20)27/h3-12,25H,24H2,1-2H3,(H,28,29,30). The van der Waals surface area contributed by atoms with E-state index < -0.39 is 32.3 Å². The van der Waals surface area contributed by atoms with Crippen molar-refractivity contribution in [3.05, 3.63) is 82.4 Å². The molecule has 4 N–H and O–H groups in total. The summed E-state index contributed by atoms with van der Waals surface area (Å²) in [6.07, 6.45) is 0. The minimum atomic E-state index is -4.75. The molecule has 3 aromatic rings. The van der Waals surface area contributed by atoms with E-state index in [0.29, 0.717) is 11.6 Å². The molecule has 0 spiro atoms. The van der Waals surface area contributed by atoms with Gasteiger partial charge < -0.3 is 11.1 Å². The van der Waals surface area contributed by atoms with Crippen molar-refractivity contribution < 1.29 is 22.6 Å². The van der Waals surface area contributed by atoms with Crippen LogP contribution in [0.2, 0.25) is 0 Å². The summed E-state index contributed by atoms with van der Waals surface area (Å²) < 4.78 is 33.6. The predicted molar refractivity (Wildman–Crippen MR) is 118 cm³/mol. The van der Waals surface area contributed by atoms with Crippen molar-refractivity contribution >= 4 is 38.7 Å². The van der Waals surface area contributed by atoms with Crippen molar-refractivity contribution in [2.24, 2.45) is 0 Å². The van der Waals surface area contributed by atoms with Gasteiger partial charge >= 0.3 is 0 Å². The summed E-state index contributed by atoms with van der Waals surface area (Å²) in [7, 11) is -4.75. The summed E-state index contributed by atoms with van der Waals surface area (Å²) in [5.74, 6) is -0.716. The topological polar surface area (TPSA) is 127 Å². The highest BCUT2D eigenvalue weighted by molar-refractivity contribution is 7.86. The van der Waals surface area contributed by atoms with Gasteiger partial charge in [-0.25, -0.2) is 0 Å². The lowest BCUT2D eigenvalue weighted by molar-refractivity contribution is 0.0980. The zero-order valence-electron chi connectivity index (χ0n) is 16.8. The first kappa shape index (κ1) is 20.8. The number of hydrogen-bond acceptors (Lipinski definition) is 6. The lowest BCUT2D eigenvalue weighted by Gasteiger charge is -2.23. The quantitative estimate of drug-likeness (QED) is 0.324. The number of rotatable bonds is 4. The molecular weight excluding hydrogens is 416 g/mol. The number of nitrogen functional groups attached to an aromatic ring is 1. The fraction of sp³-hybridized carbons (Fsp3) is 0.130. The van der Waals surface area contributed by atoms with Crippen molar-refractivity contribution in [3.63, 3.8) is 0 Å². The molecule has 1 aliphatic rings. The molecular formula is C23H20N2O5S. The van der Waals surface area contributed by atoms with Crippen molar-refractivity contribution in [1.29, 1.82) is 0 Å². The molecule has 0 heterocycles. The second-order valence-electron chi connectivity index (χ2n) is 7.67. The minimum absolute atomic E-state index is 0.0264. The molecule has 0 unspecified atom stereocenters. The van der Waals surface area contributed by atoms with Gasteiger partial charge in [-0.1, -0.05) is 50.2 Å². The summed E-state index contributed by atoms with van der Waals surface area (Å²) in [5, 5.41) is 3.02. The molecule has 7 nitrogen and oxygen atoms in total. The van der Waals surface area contributed by atoms with Gasteiger partial charge in [0.05, 0.1) is 22.5 Å². The number of nitrogens with one attached hydrogen (secondary N) is 1. The van der Waals surface area contributed by atoms with Gasteiger partial charge in [0.15, 0.2) is 11.6 Å². The van der Waals surface area contributed by atoms with Gasteiger partial charge in [-0.2, -0.15) is 8.42 Å². The zero-order chi connectivity index (χ0) is 22.5. The Labute approximate surface area is 179 Å². The summed E-state index contributed by atoms with van der Waals surface area (Å²) >= 11 is 0. The molecule has 3 aromatic carbocycles. The molecule has 0 atom stereocenters. The van der Waals surface area contributed by atoms with Crippen LogP contribution in [0.3, 0.4) is 0 Å². The average Bonchev–Trinajstić information content (AvgIpc) is 2.72. The van der Waals surface area contributed by atoms with E-state index in [4.69, 9.17) is 5.73 Å². The van der Waals surface area contributed by atoms with Gasteiger partial charge in [0.2, 0.25) is 0 Å². The highest BCUT2D eigenvalue weighted by Crippen LogP contribution is 2.40. The van der Waals surface area contributed by atoms with Crippen LogP contribution < -0.4 is 11.1 Å². The zero-order valence-corrected chi connectivity index (χ0v) is 17.7. The molecule has 1 aliphatic carbocycles. The SMILES string of the molecule is CC(C)c1ccc(Nc2cc(S(=O)(=O)O)c(N)c3c2C(=O)c2ccccc2C3=O)cc1. The minimum Gasteiger partial charge on any atom is -0.397 e. The van der Waals surface area contributed by atoms with Crippen molar-refractivity contribution in [3.8, 4) is 0 Å². The fourth-order valence-electron chi connectivity index (χ4n) is 3.71. The molecule has 0 aromatic heterocycles. The maximum atomic E-state index is 13.3. The number of anilines is 3. The van der Waals surface area contributed by atoms with E-state index in [1.54, 1.807) is 24.3 Å². The van der Waals surface area contributed by atoms with Gasteiger partial charge in [-0.15, -0.1) is 0 Å². The van der Waals surface area contributed by atoms with Crippen LogP contribution in [0.1, 0.15) is 57.2 Å². The van der Waals surface area contributed by atoms with Crippen LogP contribution in [-0.2, 0) is 10.1 Å². The van der Waals surface area contributed by atoms with E-state index in [1.165, 1.54) is 12.1 Å². The Morgan fingerprint density at radius 2 is 1.45 bits per heavy atom. The maximum absolute atomic E-state index is 13.3. The van der Waals surface area contributed by atoms with E-state index in [0.717, 1.165) is 11.6 Å². The summed E-state index contributed by atoms with van der Waals surface area (Å²) in [6.45, 7) is 4.11. The second kappa shape index (κ2) is 7.33. The van der Waals surface area contributed by atoms with Gasteiger partial charge in [0.1, 0.15) is 4.90 Å².